The van der Waals surface area contributed by atoms with E-state index in [0.717, 1.165) is 6.21 Å². The second-order valence-corrected chi connectivity index (χ2v) is 3.08. The molecule has 0 aliphatic heterocycles. The number of nitro benzene ring substituents is 1. The maximum absolute atomic E-state index is 10.5. The van der Waals surface area contributed by atoms with E-state index in [4.69, 9.17) is 28.4 Å². The average Bonchev–Trinajstić information content (AvgIpc) is 2.11. The fourth-order valence-electron chi connectivity index (χ4n) is 0.875. The van der Waals surface area contributed by atoms with Gasteiger partial charge in [0.25, 0.3) is 5.69 Å². The van der Waals surface area contributed by atoms with E-state index in [1.54, 1.807) is 0 Å². The second-order valence-electron chi connectivity index (χ2n) is 2.30. The van der Waals surface area contributed by atoms with Gasteiger partial charge in [0.2, 0.25) is 0 Å². The third kappa shape index (κ3) is 1.94. The van der Waals surface area contributed by atoms with E-state index in [2.05, 4.69) is 5.16 Å². The lowest BCUT2D eigenvalue weighted by Gasteiger charge is -2.00. The minimum atomic E-state index is -0.645. The number of nitro groups is 1. The topological polar surface area (TPSA) is 75.7 Å². The smallest absolute Gasteiger partial charge is 0.288 e. The van der Waals surface area contributed by atoms with Gasteiger partial charge in [-0.25, -0.2) is 0 Å². The molecule has 0 aromatic heterocycles. The fourth-order valence-corrected chi connectivity index (χ4v) is 1.41. The van der Waals surface area contributed by atoms with Gasteiger partial charge in [0.15, 0.2) is 0 Å². The summed E-state index contributed by atoms with van der Waals surface area (Å²) < 4.78 is 0. The molecule has 0 spiro atoms. The van der Waals surface area contributed by atoms with Crippen LogP contribution < -0.4 is 0 Å². The Bertz CT molecular complexity index is 406. The summed E-state index contributed by atoms with van der Waals surface area (Å²) in [5.74, 6) is 0. The standard InChI is InChI=1S/C7H4Cl2N2O3/c8-5-1-2-6(11(13)14)7(9)4(5)3-10-12/h1-3,12H/b10-3-. The maximum Gasteiger partial charge on any atom is 0.288 e. The number of hydrogen-bond acceptors (Lipinski definition) is 4. The van der Waals surface area contributed by atoms with Crippen LogP contribution in [0.3, 0.4) is 0 Å². The Balaban J connectivity index is 3.40. The summed E-state index contributed by atoms with van der Waals surface area (Å²) >= 11 is 11.3. The number of nitrogens with zero attached hydrogens (tertiary/aromatic N) is 2. The van der Waals surface area contributed by atoms with E-state index in [9.17, 15) is 10.1 Å². The molecule has 0 fully saturated rings. The van der Waals surface area contributed by atoms with Gasteiger partial charge in [-0.1, -0.05) is 28.4 Å². The molecule has 74 valence electrons. The Morgan fingerprint density at radius 2 is 2.14 bits per heavy atom. The number of rotatable bonds is 2. The van der Waals surface area contributed by atoms with Crippen LogP contribution in [0.1, 0.15) is 5.56 Å². The zero-order chi connectivity index (χ0) is 10.7. The summed E-state index contributed by atoms with van der Waals surface area (Å²) in [5.41, 5.74) is -0.170. The van der Waals surface area contributed by atoms with Gasteiger partial charge in [-0.05, 0) is 6.07 Å². The number of benzene rings is 1. The monoisotopic (exact) mass is 234 g/mol. The number of hydrogen-bond donors (Lipinski definition) is 1. The predicted octanol–water partition coefficient (Wildman–Crippen LogP) is 2.71. The third-order valence-electron chi connectivity index (χ3n) is 1.49. The van der Waals surface area contributed by atoms with Crippen molar-refractivity contribution in [3.63, 3.8) is 0 Å². The Morgan fingerprint density at radius 3 is 2.64 bits per heavy atom. The van der Waals surface area contributed by atoms with Crippen molar-refractivity contribution in [2.45, 2.75) is 0 Å². The predicted molar refractivity (Wildman–Crippen MR) is 52.5 cm³/mol. The number of halogens is 2. The summed E-state index contributed by atoms with van der Waals surface area (Å²) in [6, 6.07) is 2.49. The lowest BCUT2D eigenvalue weighted by Crippen LogP contribution is -1.93. The van der Waals surface area contributed by atoms with Crippen LogP contribution in [0.25, 0.3) is 0 Å². The molecule has 1 aromatic carbocycles. The molecule has 1 rings (SSSR count). The van der Waals surface area contributed by atoms with Crippen LogP contribution in [-0.2, 0) is 0 Å². The largest absolute Gasteiger partial charge is 0.411 e. The van der Waals surface area contributed by atoms with Crippen LogP contribution >= 0.6 is 23.2 Å². The van der Waals surface area contributed by atoms with Crippen molar-refractivity contribution in [2.24, 2.45) is 5.16 Å². The summed E-state index contributed by atoms with van der Waals surface area (Å²) in [7, 11) is 0. The highest BCUT2D eigenvalue weighted by atomic mass is 35.5. The number of oxime groups is 1. The van der Waals surface area contributed by atoms with Gasteiger partial charge < -0.3 is 5.21 Å². The molecule has 1 aromatic rings. The fraction of sp³-hybridized carbons (Fsp3) is 0. The first kappa shape index (κ1) is 10.7. The molecule has 0 aliphatic rings. The lowest BCUT2D eigenvalue weighted by molar-refractivity contribution is -0.384. The van der Waals surface area contributed by atoms with E-state index in [1.807, 2.05) is 0 Å². The van der Waals surface area contributed by atoms with Gasteiger partial charge in [0.1, 0.15) is 5.02 Å². The van der Waals surface area contributed by atoms with Gasteiger partial charge >= 0.3 is 0 Å². The van der Waals surface area contributed by atoms with Crippen molar-refractivity contribution in [3.8, 4) is 0 Å². The molecular formula is C7H4Cl2N2O3. The van der Waals surface area contributed by atoms with Gasteiger partial charge in [-0.15, -0.1) is 0 Å². The molecule has 1 N–H and O–H groups in total. The summed E-state index contributed by atoms with van der Waals surface area (Å²) in [6.07, 6.45) is 0.942. The maximum atomic E-state index is 10.5. The first-order valence-corrected chi connectivity index (χ1v) is 4.13. The first-order chi connectivity index (χ1) is 6.57. The Kier molecular flexibility index (Phi) is 3.27. The molecule has 0 unspecified atom stereocenters. The highest BCUT2D eigenvalue weighted by Crippen LogP contribution is 2.31. The quantitative estimate of drug-likeness (QED) is 0.370. The van der Waals surface area contributed by atoms with Crippen molar-refractivity contribution < 1.29 is 10.1 Å². The summed E-state index contributed by atoms with van der Waals surface area (Å²) in [6.45, 7) is 0. The Labute approximate surface area is 88.7 Å². The molecule has 0 saturated heterocycles. The minimum absolute atomic E-state index is 0.116. The Morgan fingerprint density at radius 1 is 1.50 bits per heavy atom. The first-order valence-electron chi connectivity index (χ1n) is 3.37. The highest BCUT2D eigenvalue weighted by Gasteiger charge is 2.17. The van der Waals surface area contributed by atoms with Gasteiger partial charge in [-0.2, -0.15) is 0 Å². The van der Waals surface area contributed by atoms with Crippen molar-refractivity contribution in [2.75, 3.05) is 0 Å². The lowest BCUT2D eigenvalue weighted by atomic mass is 10.2. The van der Waals surface area contributed by atoms with Crippen molar-refractivity contribution in [1.82, 2.24) is 0 Å². The van der Waals surface area contributed by atoms with Crippen LogP contribution in [0, 0.1) is 10.1 Å². The molecule has 14 heavy (non-hydrogen) atoms. The molecule has 0 radical (unpaired) electrons. The van der Waals surface area contributed by atoms with E-state index in [0.29, 0.717) is 0 Å². The van der Waals surface area contributed by atoms with Crippen molar-refractivity contribution >= 4 is 35.1 Å². The zero-order valence-corrected chi connectivity index (χ0v) is 8.16. The van der Waals surface area contributed by atoms with Crippen LogP contribution in [0.4, 0.5) is 5.69 Å². The Hall–Kier alpha value is -1.33. The molecule has 0 saturated carbocycles. The van der Waals surface area contributed by atoms with E-state index < -0.39 is 4.92 Å². The average molecular weight is 235 g/mol. The molecule has 0 atom stereocenters. The minimum Gasteiger partial charge on any atom is -0.411 e. The summed E-state index contributed by atoms with van der Waals surface area (Å²) in [4.78, 5) is 9.82. The summed E-state index contributed by atoms with van der Waals surface area (Å²) in [5, 5.41) is 21.5. The molecule has 0 bridgehead atoms. The second kappa shape index (κ2) is 4.26. The third-order valence-corrected chi connectivity index (χ3v) is 2.22. The van der Waals surface area contributed by atoms with Crippen LogP contribution in [0.5, 0.6) is 0 Å². The molecule has 5 nitrogen and oxygen atoms in total. The molecule has 0 heterocycles. The molecule has 0 amide bonds. The van der Waals surface area contributed by atoms with Gasteiger partial charge in [-0.3, -0.25) is 10.1 Å². The SMILES string of the molecule is O=[N+]([O-])c1ccc(Cl)c(/C=N\O)c1Cl. The molecule has 7 heteroatoms. The van der Waals surface area contributed by atoms with Crippen molar-refractivity contribution in [3.05, 3.63) is 37.9 Å². The normalized spacial score (nSPS) is 10.7. The highest BCUT2D eigenvalue weighted by molar-refractivity contribution is 6.39. The van der Waals surface area contributed by atoms with Crippen LogP contribution in [-0.4, -0.2) is 16.3 Å². The van der Waals surface area contributed by atoms with E-state index in [-0.39, 0.29) is 21.3 Å². The zero-order valence-electron chi connectivity index (χ0n) is 6.65. The van der Waals surface area contributed by atoms with Gasteiger partial charge in [0, 0.05) is 11.6 Å². The molecule has 0 aliphatic carbocycles. The van der Waals surface area contributed by atoms with Crippen LogP contribution in [0.15, 0.2) is 17.3 Å². The van der Waals surface area contributed by atoms with Crippen LogP contribution in [0.2, 0.25) is 10.0 Å². The van der Waals surface area contributed by atoms with Crippen molar-refractivity contribution in [1.29, 1.82) is 0 Å². The van der Waals surface area contributed by atoms with Gasteiger partial charge in [0.05, 0.1) is 16.2 Å². The molecular weight excluding hydrogens is 231 g/mol. The van der Waals surface area contributed by atoms with E-state index >= 15 is 0 Å². The van der Waals surface area contributed by atoms with E-state index in [1.165, 1.54) is 12.1 Å².